The second-order valence-corrected chi connectivity index (χ2v) is 5.46. The van der Waals surface area contributed by atoms with E-state index in [9.17, 15) is 4.39 Å². The van der Waals surface area contributed by atoms with Gasteiger partial charge in [-0.05, 0) is 35.6 Å². The second-order valence-electron chi connectivity index (χ2n) is 5.46. The molecule has 0 saturated carbocycles. The third kappa shape index (κ3) is 3.75. The van der Waals surface area contributed by atoms with E-state index in [0.29, 0.717) is 6.54 Å². The van der Waals surface area contributed by atoms with Gasteiger partial charge in [0.1, 0.15) is 5.82 Å². The third-order valence-corrected chi connectivity index (χ3v) is 4.17. The molecule has 1 aliphatic heterocycles. The number of rotatable bonds is 3. The number of halogens is 1. The lowest BCUT2D eigenvalue weighted by atomic mass is 9.93. The van der Waals surface area contributed by atoms with Crippen molar-refractivity contribution in [2.75, 3.05) is 6.54 Å². The minimum Gasteiger partial charge on any atom is -0.294 e. The average Bonchev–Trinajstić information content (AvgIpc) is 2.58. The Morgan fingerprint density at radius 2 is 1.73 bits per heavy atom. The van der Waals surface area contributed by atoms with Crippen molar-refractivity contribution in [3.05, 3.63) is 70.5 Å². The van der Waals surface area contributed by atoms with Gasteiger partial charge in [-0.25, -0.2) is 4.39 Å². The van der Waals surface area contributed by atoms with Crippen LogP contribution in [-0.4, -0.2) is 11.4 Å². The van der Waals surface area contributed by atoms with Crippen molar-refractivity contribution >= 4 is 0 Å². The van der Waals surface area contributed by atoms with Crippen molar-refractivity contribution in [2.45, 2.75) is 46.7 Å². The van der Waals surface area contributed by atoms with Gasteiger partial charge in [0, 0.05) is 25.2 Å². The summed E-state index contributed by atoms with van der Waals surface area (Å²) < 4.78 is 13.7. The molecule has 1 aliphatic rings. The molecule has 0 aromatic heterocycles. The molecule has 0 bridgehead atoms. The highest BCUT2D eigenvalue weighted by molar-refractivity contribution is 5.37. The van der Waals surface area contributed by atoms with Gasteiger partial charge in [0.25, 0.3) is 0 Å². The smallest absolute Gasteiger partial charge is 0.127 e. The molecule has 2 heteroatoms. The summed E-state index contributed by atoms with van der Waals surface area (Å²) in [4.78, 5) is 2.33. The van der Waals surface area contributed by atoms with E-state index in [2.05, 4.69) is 30.0 Å². The molecule has 0 atom stereocenters. The Labute approximate surface area is 133 Å². The molecule has 22 heavy (non-hydrogen) atoms. The molecule has 1 nitrogen and oxygen atoms in total. The van der Waals surface area contributed by atoms with Gasteiger partial charge in [-0.15, -0.1) is 0 Å². The van der Waals surface area contributed by atoms with Crippen LogP contribution >= 0.6 is 0 Å². The predicted molar refractivity (Wildman–Crippen MR) is 91.4 cm³/mol. The van der Waals surface area contributed by atoms with Crippen molar-refractivity contribution in [1.82, 2.24) is 4.90 Å². The number of benzene rings is 2. The minimum absolute atomic E-state index is 0.0967. The van der Waals surface area contributed by atoms with Gasteiger partial charge in [0.05, 0.1) is 0 Å². The summed E-state index contributed by atoms with van der Waals surface area (Å²) in [5.41, 5.74) is 5.18. The zero-order valence-electron chi connectivity index (χ0n) is 13.9. The van der Waals surface area contributed by atoms with Crippen LogP contribution in [0.3, 0.4) is 0 Å². The first-order valence-corrected chi connectivity index (χ1v) is 8.33. The van der Waals surface area contributed by atoms with Crippen molar-refractivity contribution in [2.24, 2.45) is 0 Å². The number of hydrogen-bond donors (Lipinski definition) is 0. The van der Waals surface area contributed by atoms with Crippen LogP contribution in [0.5, 0.6) is 0 Å². The first-order valence-electron chi connectivity index (χ1n) is 8.33. The fourth-order valence-electron chi connectivity index (χ4n) is 3.08. The van der Waals surface area contributed by atoms with E-state index in [1.165, 1.54) is 16.7 Å². The highest BCUT2D eigenvalue weighted by Crippen LogP contribution is 2.24. The van der Waals surface area contributed by atoms with Gasteiger partial charge < -0.3 is 0 Å². The van der Waals surface area contributed by atoms with Crippen molar-refractivity contribution in [3.8, 4) is 0 Å². The van der Waals surface area contributed by atoms with Crippen LogP contribution in [0.4, 0.5) is 4.39 Å². The average molecular weight is 299 g/mol. The summed E-state index contributed by atoms with van der Waals surface area (Å²) in [5.74, 6) is -0.0967. The molecule has 0 aliphatic carbocycles. The SMILES string of the molecule is CC.CCc1cccc2c1CCN(Cc1ccccc1F)C2. The second kappa shape index (κ2) is 8.09. The lowest BCUT2D eigenvalue weighted by molar-refractivity contribution is 0.242. The Bertz CT molecular complexity index is 606. The van der Waals surface area contributed by atoms with Gasteiger partial charge in [-0.1, -0.05) is 57.2 Å². The number of fused-ring (bicyclic) bond motifs is 1. The zero-order chi connectivity index (χ0) is 15.9. The molecular formula is C20H26FN. The van der Waals surface area contributed by atoms with Crippen LogP contribution in [0.15, 0.2) is 42.5 Å². The minimum atomic E-state index is -0.0967. The molecule has 2 aromatic rings. The molecule has 0 amide bonds. The summed E-state index contributed by atoms with van der Waals surface area (Å²) in [7, 11) is 0. The lowest BCUT2D eigenvalue weighted by Crippen LogP contribution is -2.31. The van der Waals surface area contributed by atoms with Crippen molar-refractivity contribution < 1.29 is 4.39 Å². The molecule has 0 saturated heterocycles. The van der Waals surface area contributed by atoms with Crippen LogP contribution in [-0.2, 0) is 25.9 Å². The fraction of sp³-hybridized carbons (Fsp3) is 0.400. The van der Waals surface area contributed by atoms with Crippen LogP contribution in [0.1, 0.15) is 43.0 Å². The maximum absolute atomic E-state index is 13.7. The lowest BCUT2D eigenvalue weighted by Gasteiger charge is -2.30. The summed E-state index contributed by atoms with van der Waals surface area (Å²) in [6.07, 6.45) is 2.17. The molecule has 0 N–H and O–H groups in total. The molecule has 118 valence electrons. The Morgan fingerprint density at radius 3 is 2.45 bits per heavy atom. The van der Waals surface area contributed by atoms with E-state index in [-0.39, 0.29) is 5.82 Å². The monoisotopic (exact) mass is 299 g/mol. The molecular weight excluding hydrogens is 273 g/mol. The molecule has 0 fully saturated rings. The van der Waals surface area contributed by atoms with Gasteiger partial charge in [-0.3, -0.25) is 4.90 Å². The van der Waals surface area contributed by atoms with Crippen molar-refractivity contribution in [3.63, 3.8) is 0 Å². The van der Waals surface area contributed by atoms with E-state index in [1.54, 1.807) is 12.1 Å². The predicted octanol–water partition coefficient (Wildman–Crippen LogP) is 4.97. The molecule has 0 unspecified atom stereocenters. The first-order chi connectivity index (χ1) is 10.8. The summed E-state index contributed by atoms with van der Waals surface area (Å²) in [5, 5.41) is 0. The normalized spacial score (nSPS) is 14.0. The molecule has 2 aromatic carbocycles. The largest absolute Gasteiger partial charge is 0.294 e. The zero-order valence-corrected chi connectivity index (χ0v) is 13.9. The van der Waals surface area contributed by atoms with Crippen LogP contribution in [0.2, 0.25) is 0 Å². The summed E-state index contributed by atoms with van der Waals surface area (Å²) in [6, 6.07) is 13.7. The van der Waals surface area contributed by atoms with Crippen LogP contribution < -0.4 is 0 Å². The van der Waals surface area contributed by atoms with E-state index >= 15 is 0 Å². The first kappa shape index (κ1) is 16.7. The molecule has 0 spiro atoms. The van der Waals surface area contributed by atoms with Crippen LogP contribution in [0.25, 0.3) is 0 Å². The van der Waals surface area contributed by atoms with E-state index in [0.717, 1.165) is 31.5 Å². The number of nitrogens with zero attached hydrogens (tertiary/aromatic N) is 1. The van der Waals surface area contributed by atoms with Crippen molar-refractivity contribution in [1.29, 1.82) is 0 Å². The maximum Gasteiger partial charge on any atom is 0.127 e. The van der Waals surface area contributed by atoms with Gasteiger partial charge in [0.15, 0.2) is 0 Å². The highest BCUT2D eigenvalue weighted by Gasteiger charge is 2.18. The quantitative estimate of drug-likeness (QED) is 0.773. The van der Waals surface area contributed by atoms with Crippen LogP contribution in [0, 0.1) is 5.82 Å². The van der Waals surface area contributed by atoms with Gasteiger partial charge in [0.2, 0.25) is 0 Å². The Balaban J connectivity index is 0.000000847. The molecule has 1 heterocycles. The topological polar surface area (TPSA) is 3.24 Å². The van der Waals surface area contributed by atoms with E-state index < -0.39 is 0 Å². The van der Waals surface area contributed by atoms with E-state index in [1.807, 2.05) is 26.0 Å². The molecule has 0 radical (unpaired) electrons. The number of hydrogen-bond acceptors (Lipinski definition) is 1. The Hall–Kier alpha value is -1.67. The van der Waals surface area contributed by atoms with Gasteiger partial charge in [-0.2, -0.15) is 0 Å². The maximum atomic E-state index is 13.7. The number of aryl methyl sites for hydroxylation is 1. The Morgan fingerprint density at radius 1 is 1.00 bits per heavy atom. The highest BCUT2D eigenvalue weighted by atomic mass is 19.1. The standard InChI is InChI=1S/C18H20FN.C2H6/c1-2-14-7-5-8-15-12-20(11-10-17(14)15)13-16-6-3-4-9-18(16)19;1-2/h3-9H,2,10-13H2,1H3;1-2H3. The summed E-state index contributed by atoms with van der Waals surface area (Å²) >= 11 is 0. The van der Waals surface area contributed by atoms with Gasteiger partial charge >= 0.3 is 0 Å². The van der Waals surface area contributed by atoms with E-state index in [4.69, 9.17) is 0 Å². The summed E-state index contributed by atoms with van der Waals surface area (Å²) in [6.45, 7) is 8.85. The fourth-order valence-corrected chi connectivity index (χ4v) is 3.08. The third-order valence-electron chi connectivity index (χ3n) is 4.17. The molecule has 3 rings (SSSR count). The Kier molecular flexibility index (Phi) is 6.14.